The Kier molecular flexibility index (Phi) is 5.04. The molecule has 1 saturated carbocycles. The Balaban J connectivity index is 2.05. The first-order valence-electron chi connectivity index (χ1n) is 8.62. The third-order valence-electron chi connectivity index (χ3n) is 5.05. The number of hydrogen-bond donors (Lipinski definition) is 1. The zero-order valence-corrected chi connectivity index (χ0v) is 15.4. The Bertz CT molecular complexity index is 830. The van der Waals surface area contributed by atoms with Crippen LogP contribution in [0.2, 0.25) is 0 Å². The molecule has 0 spiro atoms. The summed E-state index contributed by atoms with van der Waals surface area (Å²) in [4.78, 5) is 12.5. The maximum Gasteiger partial charge on any atom is 0.534 e. The molecule has 12 heteroatoms. The molecule has 1 aromatic rings. The van der Waals surface area contributed by atoms with E-state index in [4.69, 9.17) is 0 Å². The first-order valence-corrected chi connectivity index (χ1v) is 10.0. The van der Waals surface area contributed by atoms with E-state index in [2.05, 4.69) is 9.28 Å². The Morgan fingerprint density at radius 1 is 1.30 bits per heavy atom. The third kappa shape index (κ3) is 3.71. The number of carbonyl (C=O) groups is 1. The highest BCUT2D eigenvalue weighted by atomic mass is 32.2. The lowest BCUT2D eigenvalue weighted by atomic mass is 10.1. The average Bonchev–Trinajstić information content (AvgIpc) is 3.12. The van der Waals surface area contributed by atoms with E-state index in [9.17, 15) is 31.5 Å². The van der Waals surface area contributed by atoms with Crippen LogP contribution in [0.4, 0.5) is 18.0 Å². The van der Waals surface area contributed by atoms with Gasteiger partial charge < -0.3 is 14.2 Å². The van der Waals surface area contributed by atoms with Gasteiger partial charge in [0.1, 0.15) is 0 Å². The number of rotatable bonds is 3. The molecule has 2 aliphatic rings. The Morgan fingerprint density at radius 2 is 1.93 bits per heavy atom. The number of alkyl halides is 3. The second-order valence-electron chi connectivity index (χ2n) is 6.88. The van der Waals surface area contributed by atoms with Crippen molar-refractivity contribution in [3.05, 3.63) is 11.3 Å². The first kappa shape index (κ1) is 19.8. The van der Waals surface area contributed by atoms with Crippen molar-refractivity contribution >= 4 is 16.2 Å². The van der Waals surface area contributed by atoms with Crippen LogP contribution < -0.4 is 4.18 Å². The topological polar surface area (TPSA) is 102 Å². The summed E-state index contributed by atoms with van der Waals surface area (Å²) in [5.41, 5.74) is -4.95. The fraction of sp³-hybridized carbons (Fsp3) is 0.733. The van der Waals surface area contributed by atoms with Gasteiger partial charge in [0, 0.05) is 24.6 Å². The predicted molar refractivity (Wildman–Crippen MR) is 86.9 cm³/mol. The van der Waals surface area contributed by atoms with E-state index in [1.54, 1.807) is 6.92 Å². The van der Waals surface area contributed by atoms with Gasteiger partial charge in [-0.25, -0.2) is 9.48 Å². The third-order valence-corrected chi connectivity index (χ3v) is 6.00. The minimum Gasteiger partial charge on any atom is -0.465 e. The predicted octanol–water partition coefficient (Wildman–Crippen LogP) is 2.69. The lowest BCUT2D eigenvalue weighted by Gasteiger charge is -2.24. The highest BCUT2D eigenvalue weighted by Crippen LogP contribution is 2.39. The molecular weight excluding hydrogens is 391 g/mol. The van der Waals surface area contributed by atoms with Gasteiger partial charge in [-0.2, -0.15) is 26.7 Å². The molecule has 0 aromatic carbocycles. The molecule has 3 rings (SSSR count). The molecule has 1 fully saturated rings. The van der Waals surface area contributed by atoms with Crippen molar-refractivity contribution in [2.75, 3.05) is 6.54 Å². The molecule has 0 saturated heterocycles. The summed E-state index contributed by atoms with van der Waals surface area (Å²) in [6.45, 7) is 1.73. The van der Waals surface area contributed by atoms with Crippen LogP contribution in [0.5, 0.6) is 5.88 Å². The average molecular weight is 411 g/mol. The number of hydrogen-bond acceptors (Lipinski definition) is 5. The maximum atomic E-state index is 12.9. The Morgan fingerprint density at radius 3 is 2.48 bits per heavy atom. The summed E-state index contributed by atoms with van der Waals surface area (Å²) >= 11 is 0. The van der Waals surface area contributed by atoms with Crippen LogP contribution in [-0.2, 0) is 23.0 Å². The molecule has 152 valence electrons. The van der Waals surface area contributed by atoms with Crippen LogP contribution in [-0.4, -0.2) is 52.4 Å². The van der Waals surface area contributed by atoms with E-state index in [1.165, 1.54) is 4.68 Å². The highest BCUT2D eigenvalue weighted by molar-refractivity contribution is 7.87. The van der Waals surface area contributed by atoms with Crippen LogP contribution in [0.15, 0.2) is 0 Å². The quantitative estimate of drug-likeness (QED) is 0.606. The first-order chi connectivity index (χ1) is 12.5. The minimum atomic E-state index is -5.86. The number of aromatic nitrogens is 2. The zero-order valence-electron chi connectivity index (χ0n) is 14.6. The molecule has 1 unspecified atom stereocenters. The number of nitrogens with zero attached hydrogens (tertiary/aromatic N) is 3. The maximum absolute atomic E-state index is 12.9. The van der Waals surface area contributed by atoms with Crippen molar-refractivity contribution in [2.24, 2.45) is 0 Å². The lowest BCUT2D eigenvalue weighted by molar-refractivity contribution is -0.0503. The van der Waals surface area contributed by atoms with Crippen LogP contribution in [0.3, 0.4) is 0 Å². The van der Waals surface area contributed by atoms with Gasteiger partial charge in [-0.3, -0.25) is 0 Å². The van der Waals surface area contributed by atoms with Gasteiger partial charge in [0.2, 0.25) is 5.88 Å². The Labute approximate surface area is 154 Å². The van der Waals surface area contributed by atoms with E-state index in [-0.39, 0.29) is 31.0 Å². The van der Waals surface area contributed by atoms with Crippen molar-refractivity contribution in [1.29, 1.82) is 0 Å². The summed E-state index contributed by atoms with van der Waals surface area (Å²) in [6.07, 6.45) is 2.11. The summed E-state index contributed by atoms with van der Waals surface area (Å²) in [7, 11) is -5.86. The van der Waals surface area contributed by atoms with Gasteiger partial charge in [-0.1, -0.05) is 12.8 Å². The van der Waals surface area contributed by atoms with E-state index < -0.39 is 33.6 Å². The molecule has 8 nitrogen and oxygen atoms in total. The molecule has 1 N–H and O–H groups in total. The highest BCUT2D eigenvalue weighted by Gasteiger charge is 2.50. The second kappa shape index (κ2) is 6.88. The smallest absolute Gasteiger partial charge is 0.465 e. The summed E-state index contributed by atoms with van der Waals surface area (Å²) in [6, 6.07) is -0.790. The van der Waals surface area contributed by atoms with Crippen molar-refractivity contribution in [3.63, 3.8) is 0 Å². The van der Waals surface area contributed by atoms with E-state index in [0.29, 0.717) is 18.5 Å². The van der Waals surface area contributed by atoms with Crippen LogP contribution in [0, 0.1) is 0 Å². The van der Waals surface area contributed by atoms with Crippen LogP contribution in [0.1, 0.15) is 49.9 Å². The number of fused-ring (bicyclic) bond motifs is 1. The second-order valence-corrected chi connectivity index (χ2v) is 8.41. The molecule has 0 bridgehead atoms. The largest absolute Gasteiger partial charge is 0.534 e. The minimum absolute atomic E-state index is 0.0249. The monoisotopic (exact) mass is 411 g/mol. The van der Waals surface area contributed by atoms with Gasteiger partial charge >= 0.3 is 21.7 Å². The summed E-state index contributed by atoms with van der Waals surface area (Å²) in [5, 5.41) is 13.6. The summed E-state index contributed by atoms with van der Waals surface area (Å²) < 4.78 is 67.6. The molecular formula is C15H20F3N3O5S. The van der Waals surface area contributed by atoms with E-state index >= 15 is 0 Å². The molecule has 1 atom stereocenters. The van der Waals surface area contributed by atoms with Crippen LogP contribution >= 0.6 is 0 Å². The molecule has 1 aliphatic heterocycles. The van der Waals surface area contributed by atoms with E-state index in [0.717, 1.165) is 17.7 Å². The SMILES string of the molecule is CC1Cc2c(nn(C3CCCC3)c2OS(=O)(=O)C(F)(F)F)CCN1C(=O)O. The molecule has 1 aromatic heterocycles. The molecule has 2 heterocycles. The number of carboxylic acid groups (broad SMARTS) is 1. The van der Waals surface area contributed by atoms with Crippen molar-refractivity contribution < 1.29 is 35.7 Å². The molecule has 27 heavy (non-hydrogen) atoms. The van der Waals surface area contributed by atoms with Crippen LogP contribution in [0.25, 0.3) is 0 Å². The van der Waals surface area contributed by atoms with Gasteiger partial charge in [0.15, 0.2) is 0 Å². The van der Waals surface area contributed by atoms with Gasteiger partial charge in [0.25, 0.3) is 0 Å². The number of amides is 1. The molecule has 1 aliphatic carbocycles. The van der Waals surface area contributed by atoms with Gasteiger partial charge in [0.05, 0.1) is 11.7 Å². The fourth-order valence-electron chi connectivity index (χ4n) is 3.68. The standard InChI is InChI=1S/C15H20F3N3O5S/c1-9-8-11-12(6-7-20(9)14(22)23)19-21(10-4-2-3-5-10)13(11)26-27(24,25)15(16,17)18/h9-10H,2-8H2,1H3,(H,22,23). The van der Waals surface area contributed by atoms with Crippen molar-refractivity contribution in [3.8, 4) is 5.88 Å². The van der Waals surface area contributed by atoms with Crippen molar-refractivity contribution in [2.45, 2.75) is 63.0 Å². The molecule has 1 amide bonds. The normalized spacial score (nSPS) is 21.8. The van der Waals surface area contributed by atoms with Gasteiger partial charge in [-0.05, 0) is 26.2 Å². The molecule has 0 radical (unpaired) electrons. The Hall–Kier alpha value is -1.98. The lowest BCUT2D eigenvalue weighted by Crippen LogP contribution is -2.39. The zero-order chi connectivity index (χ0) is 20.0. The van der Waals surface area contributed by atoms with E-state index in [1.807, 2.05) is 0 Å². The van der Waals surface area contributed by atoms with Gasteiger partial charge in [-0.15, -0.1) is 0 Å². The summed E-state index contributed by atoms with van der Waals surface area (Å²) in [5.74, 6) is -0.437. The fourth-order valence-corrected chi connectivity index (χ4v) is 4.16. The number of halogens is 3. The van der Waals surface area contributed by atoms with Crippen molar-refractivity contribution in [1.82, 2.24) is 14.7 Å².